The monoisotopic (exact) mass is 498 g/mol. The topological polar surface area (TPSA) is 51.2 Å². The Morgan fingerprint density at radius 3 is 2.11 bits per heavy atom. The molecule has 2 aliphatic rings. The highest BCUT2D eigenvalue weighted by Gasteiger charge is 2.51. The molecule has 1 amide bonds. The van der Waals surface area contributed by atoms with Crippen LogP contribution in [0, 0.1) is 11.5 Å². The van der Waals surface area contributed by atoms with Crippen molar-refractivity contribution < 1.29 is 18.8 Å². The van der Waals surface area contributed by atoms with Crippen molar-refractivity contribution in [3.05, 3.63) is 29.3 Å². The van der Waals surface area contributed by atoms with Gasteiger partial charge >= 0.3 is 13.2 Å². The number of rotatable bonds is 3. The van der Waals surface area contributed by atoms with Crippen molar-refractivity contribution in [2.75, 3.05) is 26.2 Å². The summed E-state index contributed by atoms with van der Waals surface area (Å²) in [7, 11) is -1.93. The molecule has 0 aliphatic carbocycles. The SMILES string of the molecule is CC(C)(C)OC(=O)N1CCN(Cc2cc(C#C[Si](C)(C)C)cc(B3OC(C)(C)C(C)(C)O3)c2)CC1. The van der Waals surface area contributed by atoms with E-state index in [9.17, 15) is 4.79 Å². The fraction of sp³-hybridized carbons (Fsp3) is 0.667. The van der Waals surface area contributed by atoms with E-state index in [0.717, 1.165) is 30.7 Å². The number of carbonyl (C=O) groups excluding carboxylic acids is 1. The summed E-state index contributed by atoms with van der Waals surface area (Å²) >= 11 is 0. The second-order valence-corrected chi connectivity index (χ2v) is 17.5. The van der Waals surface area contributed by atoms with Gasteiger partial charge in [0.2, 0.25) is 0 Å². The van der Waals surface area contributed by atoms with Gasteiger partial charge in [0.05, 0.1) is 11.2 Å². The van der Waals surface area contributed by atoms with E-state index < -0.39 is 32.0 Å². The first kappa shape index (κ1) is 27.8. The molecule has 2 heterocycles. The van der Waals surface area contributed by atoms with Crippen LogP contribution in [0.5, 0.6) is 0 Å². The third-order valence-corrected chi connectivity index (χ3v) is 7.43. The van der Waals surface area contributed by atoms with E-state index >= 15 is 0 Å². The van der Waals surface area contributed by atoms with Gasteiger partial charge in [0.15, 0.2) is 0 Å². The van der Waals surface area contributed by atoms with Crippen LogP contribution < -0.4 is 5.46 Å². The van der Waals surface area contributed by atoms with Crippen LogP contribution in [0.25, 0.3) is 0 Å². The van der Waals surface area contributed by atoms with Gasteiger partial charge in [-0.25, -0.2) is 4.79 Å². The lowest BCUT2D eigenvalue weighted by Gasteiger charge is -2.35. The Kier molecular flexibility index (Phi) is 7.89. The molecule has 0 unspecified atom stereocenters. The Bertz CT molecular complexity index is 977. The Labute approximate surface area is 213 Å². The molecule has 2 aliphatic heterocycles. The summed E-state index contributed by atoms with van der Waals surface area (Å²) in [5.74, 6) is 3.42. The van der Waals surface area contributed by atoms with Crippen molar-refractivity contribution in [3.63, 3.8) is 0 Å². The van der Waals surface area contributed by atoms with E-state index in [1.54, 1.807) is 4.90 Å². The minimum Gasteiger partial charge on any atom is -0.444 e. The number of hydrogen-bond acceptors (Lipinski definition) is 5. The molecule has 3 rings (SSSR count). The number of benzene rings is 1. The molecule has 2 fully saturated rings. The lowest BCUT2D eigenvalue weighted by atomic mass is 9.77. The maximum atomic E-state index is 12.4. The zero-order chi connectivity index (χ0) is 26.2. The molecule has 192 valence electrons. The highest BCUT2D eigenvalue weighted by atomic mass is 28.3. The van der Waals surface area contributed by atoms with E-state index in [-0.39, 0.29) is 6.09 Å². The summed E-state index contributed by atoms with van der Waals surface area (Å²) in [5.41, 5.74) is 5.42. The van der Waals surface area contributed by atoms with Crippen molar-refractivity contribution in [2.24, 2.45) is 0 Å². The van der Waals surface area contributed by atoms with Gasteiger partial charge in [-0.05, 0) is 71.6 Å². The Morgan fingerprint density at radius 1 is 1.03 bits per heavy atom. The number of hydrogen-bond donors (Lipinski definition) is 0. The average Bonchev–Trinajstić information content (AvgIpc) is 2.92. The molecule has 1 aromatic carbocycles. The molecular weight excluding hydrogens is 455 g/mol. The van der Waals surface area contributed by atoms with Gasteiger partial charge in [0.1, 0.15) is 13.7 Å². The van der Waals surface area contributed by atoms with E-state index in [2.05, 4.69) is 81.9 Å². The molecular formula is C27H43BN2O4Si. The van der Waals surface area contributed by atoms with Crippen molar-refractivity contribution in [1.29, 1.82) is 0 Å². The Balaban J connectivity index is 1.77. The van der Waals surface area contributed by atoms with Crippen LogP contribution in [0.15, 0.2) is 18.2 Å². The standard InChI is InChI=1S/C27H43BN2O4Si/c1-25(2,3)32-24(31)30-14-12-29(13-15-30)20-22-17-21(11-16-35(8,9)10)18-23(19-22)28-33-26(4,5)27(6,7)34-28/h17-19H,12-15,20H2,1-10H3. The van der Waals surface area contributed by atoms with Gasteiger partial charge < -0.3 is 18.9 Å². The molecule has 0 spiro atoms. The van der Waals surface area contributed by atoms with Gasteiger partial charge in [-0.15, -0.1) is 5.54 Å². The zero-order valence-electron chi connectivity index (χ0n) is 23.4. The van der Waals surface area contributed by atoms with Crippen LogP contribution in [0.1, 0.15) is 59.6 Å². The van der Waals surface area contributed by atoms with Gasteiger partial charge in [0, 0.05) is 38.3 Å². The molecule has 0 atom stereocenters. The maximum absolute atomic E-state index is 12.4. The molecule has 0 saturated carbocycles. The first-order chi connectivity index (χ1) is 15.9. The molecule has 0 bridgehead atoms. The number of nitrogens with zero attached hydrogens (tertiary/aromatic N) is 2. The highest BCUT2D eigenvalue weighted by molar-refractivity contribution is 6.83. The lowest BCUT2D eigenvalue weighted by molar-refractivity contribution is 0.00578. The minimum absolute atomic E-state index is 0.233. The second-order valence-electron chi connectivity index (χ2n) is 12.8. The van der Waals surface area contributed by atoms with Crippen LogP contribution in [0.4, 0.5) is 4.79 Å². The second kappa shape index (κ2) is 9.93. The fourth-order valence-corrected chi connectivity index (χ4v) is 4.45. The molecule has 0 N–H and O–H groups in total. The minimum atomic E-state index is -1.51. The summed E-state index contributed by atoms with van der Waals surface area (Å²) in [6.45, 7) is 24.5. The molecule has 6 nitrogen and oxygen atoms in total. The third-order valence-electron chi connectivity index (χ3n) is 6.55. The van der Waals surface area contributed by atoms with Crippen molar-refractivity contribution in [1.82, 2.24) is 9.80 Å². The molecule has 35 heavy (non-hydrogen) atoms. The van der Waals surface area contributed by atoms with E-state index in [0.29, 0.717) is 13.1 Å². The van der Waals surface area contributed by atoms with E-state index in [4.69, 9.17) is 14.0 Å². The summed E-state index contributed by atoms with van der Waals surface area (Å²) < 4.78 is 18.2. The number of piperazine rings is 1. The molecule has 2 saturated heterocycles. The summed E-state index contributed by atoms with van der Waals surface area (Å²) in [6, 6.07) is 6.48. The predicted molar refractivity (Wildman–Crippen MR) is 145 cm³/mol. The number of ether oxygens (including phenoxy) is 1. The first-order valence-electron chi connectivity index (χ1n) is 12.7. The molecule has 0 radical (unpaired) electrons. The quantitative estimate of drug-likeness (QED) is 0.460. The van der Waals surface area contributed by atoms with Gasteiger partial charge in [-0.3, -0.25) is 4.90 Å². The van der Waals surface area contributed by atoms with Crippen LogP contribution in [0.3, 0.4) is 0 Å². The number of amides is 1. The molecule has 0 aromatic heterocycles. The van der Waals surface area contributed by atoms with Crippen molar-refractivity contribution in [2.45, 2.75) is 91.5 Å². The molecule has 1 aromatic rings. The summed E-state index contributed by atoms with van der Waals surface area (Å²) in [4.78, 5) is 16.6. The zero-order valence-corrected chi connectivity index (χ0v) is 24.4. The first-order valence-corrected chi connectivity index (χ1v) is 16.2. The van der Waals surface area contributed by atoms with Crippen molar-refractivity contribution in [3.8, 4) is 11.5 Å². The Morgan fingerprint density at radius 2 is 1.60 bits per heavy atom. The van der Waals surface area contributed by atoms with Crippen LogP contribution in [-0.2, 0) is 20.6 Å². The third kappa shape index (κ3) is 7.60. The highest BCUT2D eigenvalue weighted by Crippen LogP contribution is 2.36. The van der Waals surface area contributed by atoms with Crippen LogP contribution in [-0.4, -0.2) is 74.1 Å². The Hall–Kier alpha value is -1.79. The van der Waals surface area contributed by atoms with E-state index in [1.807, 2.05) is 20.8 Å². The van der Waals surface area contributed by atoms with Crippen LogP contribution in [0.2, 0.25) is 19.6 Å². The van der Waals surface area contributed by atoms with Gasteiger partial charge in [0.25, 0.3) is 0 Å². The average molecular weight is 499 g/mol. The molecule has 8 heteroatoms. The summed E-state index contributed by atoms with van der Waals surface area (Å²) in [6.07, 6.45) is -0.233. The fourth-order valence-electron chi connectivity index (χ4n) is 3.93. The predicted octanol–water partition coefficient (Wildman–Crippen LogP) is 4.27. The summed E-state index contributed by atoms with van der Waals surface area (Å²) in [5, 5.41) is 0. The van der Waals surface area contributed by atoms with Gasteiger partial charge in [-0.2, -0.15) is 0 Å². The lowest BCUT2D eigenvalue weighted by Crippen LogP contribution is -2.49. The van der Waals surface area contributed by atoms with Gasteiger partial charge in [-0.1, -0.05) is 31.6 Å². The largest absolute Gasteiger partial charge is 0.494 e. The normalized spacial score (nSPS) is 20.4. The van der Waals surface area contributed by atoms with Crippen LogP contribution >= 0.6 is 0 Å². The maximum Gasteiger partial charge on any atom is 0.494 e. The van der Waals surface area contributed by atoms with E-state index in [1.165, 1.54) is 5.56 Å². The van der Waals surface area contributed by atoms with Crippen molar-refractivity contribution >= 4 is 26.7 Å². The smallest absolute Gasteiger partial charge is 0.444 e. The number of carbonyl (C=O) groups is 1.